The second kappa shape index (κ2) is 7.35. The van der Waals surface area contributed by atoms with Gasteiger partial charge in [-0.1, -0.05) is 23.9 Å². The van der Waals surface area contributed by atoms with Crippen LogP contribution in [0.5, 0.6) is 0 Å². The third-order valence-corrected chi connectivity index (χ3v) is 5.60. The highest BCUT2D eigenvalue weighted by molar-refractivity contribution is 8.00. The molecule has 2 aromatic rings. The third-order valence-electron chi connectivity index (χ3n) is 3.64. The zero-order valence-electron chi connectivity index (χ0n) is 13.2. The van der Waals surface area contributed by atoms with Gasteiger partial charge in [-0.3, -0.25) is 4.79 Å². The van der Waals surface area contributed by atoms with Crippen LogP contribution >= 0.6 is 23.5 Å². The average Bonchev–Trinajstić information content (AvgIpc) is 3.03. The van der Waals surface area contributed by atoms with E-state index in [0.29, 0.717) is 5.16 Å². The third kappa shape index (κ3) is 3.87. The smallest absolute Gasteiger partial charge is 0.235 e. The number of benzene rings is 1. The molecule has 1 aromatic heterocycles. The fourth-order valence-corrected chi connectivity index (χ4v) is 4.22. The lowest BCUT2D eigenvalue weighted by Crippen LogP contribution is -2.41. The summed E-state index contributed by atoms with van der Waals surface area (Å²) < 4.78 is 1.69. The Morgan fingerprint density at radius 1 is 1.35 bits per heavy atom. The second-order valence-corrected chi connectivity index (χ2v) is 7.94. The number of hydrogen-bond donors (Lipinski definition) is 0. The summed E-state index contributed by atoms with van der Waals surface area (Å²) in [6.45, 7) is 5.61. The molecule has 0 spiro atoms. The minimum atomic E-state index is -0.201. The minimum absolute atomic E-state index is 0.161. The number of thioether (sulfide) groups is 2. The maximum atomic E-state index is 12.5. The predicted octanol–water partition coefficient (Wildman–Crippen LogP) is 2.03. The van der Waals surface area contributed by atoms with Gasteiger partial charge in [0.05, 0.1) is 10.9 Å². The van der Waals surface area contributed by atoms with Crippen LogP contribution in [0.4, 0.5) is 0 Å². The summed E-state index contributed by atoms with van der Waals surface area (Å²) in [5.74, 6) is 2.20. The van der Waals surface area contributed by atoms with Gasteiger partial charge in [0.15, 0.2) is 0 Å². The van der Waals surface area contributed by atoms with Crippen molar-refractivity contribution in [1.82, 2.24) is 25.1 Å². The van der Waals surface area contributed by atoms with E-state index in [2.05, 4.69) is 15.5 Å². The summed E-state index contributed by atoms with van der Waals surface area (Å²) in [6, 6.07) is 7.98. The lowest BCUT2D eigenvalue weighted by atomic mass is 10.2. The Kier molecular flexibility index (Phi) is 5.22. The number of rotatable bonds is 4. The van der Waals surface area contributed by atoms with Crippen molar-refractivity contribution in [3.63, 3.8) is 0 Å². The summed E-state index contributed by atoms with van der Waals surface area (Å²) >= 11 is 3.31. The number of carbonyl (C=O) groups is 1. The van der Waals surface area contributed by atoms with Crippen molar-refractivity contribution in [1.29, 1.82) is 0 Å². The van der Waals surface area contributed by atoms with Crippen molar-refractivity contribution >= 4 is 29.4 Å². The van der Waals surface area contributed by atoms with Crippen molar-refractivity contribution in [2.24, 2.45) is 0 Å². The largest absolute Gasteiger partial charge is 0.340 e. The first-order valence-corrected chi connectivity index (χ1v) is 9.57. The van der Waals surface area contributed by atoms with Crippen LogP contribution in [0.2, 0.25) is 0 Å². The molecule has 0 unspecified atom stereocenters. The van der Waals surface area contributed by atoms with Crippen molar-refractivity contribution in [3.8, 4) is 5.69 Å². The van der Waals surface area contributed by atoms with Crippen LogP contribution in [-0.2, 0) is 4.79 Å². The molecule has 122 valence electrons. The van der Waals surface area contributed by atoms with Crippen molar-refractivity contribution < 1.29 is 4.79 Å². The standard InChI is InChI=1S/C15H19N5OS2/c1-11-4-3-5-13(10-11)20-15(16-17-18-20)23-12(2)14(21)19-6-8-22-9-7-19/h3-5,10,12H,6-9H2,1-2H3/t12-/m1/s1. The Labute approximate surface area is 144 Å². The number of tetrazole rings is 1. The van der Waals surface area contributed by atoms with Crippen LogP contribution < -0.4 is 0 Å². The van der Waals surface area contributed by atoms with E-state index in [1.54, 1.807) is 4.68 Å². The van der Waals surface area contributed by atoms with E-state index in [1.807, 2.05) is 54.8 Å². The molecule has 1 aliphatic heterocycles. The van der Waals surface area contributed by atoms with Gasteiger partial charge in [0.2, 0.25) is 11.1 Å². The number of hydrogen-bond acceptors (Lipinski definition) is 6. The molecule has 1 aliphatic rings. The molecular formula is C15H19N5OS2. The molecule has 3 rings (SSSR count). The molecule has 0 N–H and O–H groups in total. The van der Waals surface area contributed by atoms with Crippen LogP contribution in [0.3, 0.4) is 0 Å². The van der Waals surface area contributed by atoms with Gasteiger partial charge in [0.1, 0.15) is 0 Å². The summed E-state index contributed by atoms with van der Waals surface area (Å²) in [5.41, 5.74) is 2.05. The Morgan fingerprint density at radius 2 is 2.13 bits per heavy atom. The van der Waals surface area contributed by atoms with Gasteiger partial charge in [-0.2, -0.15) is 16.4 Å². The SMILES string of the molecule is Cc1cccc(-n2nnnc2S[C@H](C)C(=O)N2CCSCC2)c1. The maximum absolute atomic E-state index is 12.5. The molecule has 1 saturated heterocycles. The molecule has 0 aliphatic carbocycles. The van der Waals surface area contributed by atoms with Gasteiger partial charge < -0.3 is 4.90 Å². The molecule has 0 bridgehead atoms. The fourth-order valence-electron chi connectivity index (χ4n) is 2.42. The van der Waals surface area contributed by atoms with Crippen LogP contribution in [0.15, 0.2) is 29.4 Å². The van der Waals surface area contributed by atoms with Crippen molar-refractivity contribution in [3.05, 3.63) is 29.8 Å². The van der Waals surface area contributed by atoms with E-state index in [4.69, 9.17) is 0 Å². The molecular weight excluding hydrogens is 330 g/mol. The van der Waals surface area contributed by atoms with Crippen molar-refractivity contribution in [2.75, 3.05) is 24.6 Å². The van der Waals surface area contributed by atoms with Gasteiger partial charge in [0.25, 0.3) is 0 Å². The van der Waals surface area contributed by atoms with Gasteiger partial charge in [-0.25, -0.2) is 0 Å². The average molecular weight is 349 g/mol. The maximum Gasteiger partial charge on any atom is 0.235 e. The molecule has 23 heavy (non-hydrogen) atoms. The van der Waals surface area contributed by atoms with Crippen LogP contribution in [-0.4, -0.2) is 60.9 Å². The van der Waals surface area contributed by atoms with Gasteiger partial charge >= 0.3 is 0 Å². The molecule has 6 nitrogen and oxygen atoms in total. The van der Waals surface area contributed by atoms with Gasteiger partial charge in [-0.05, 0) is 42.0 Å². The fraction of sp³-hybridized carbons (Fsp3) is 0.467. The minimum Gasteiger partial charge on any atom is -0.340 e. The summed E-state index contributed by atoms with van der Waals surface area (Å²) in [4.78, 5) is 14.5. The van der Waals surface area contributed by atoms with Crippen molar-refractivity contribution in [2.45, 2.75) is 24.3 Å². The molecule has 1 amide bonds. The number of amides is 1. The van der Waals surface area contributed by atoms with E-state index in [9.17, 15) is 4.79 Å². The highest BCUT2D eigenvalue weighted by atomic mass is 32.2. The molecule has 0 saturated carbocycles. The first kappa shape index (κ1) is 16.3. The summed E-state index contributed by atoms with van der Waals surface area (Å²) in [6.07, 6.45) is 0. The monoisotopic (exact) mass is 349 g/mol. The lowest BCUT2D eigenvalue weighted by Gasteiger charge is -2.28. The quantitative estimate of drug-likeness (QED) is 0.787. The summed E-state index contributed by atoms with van der Waals surface area (Å²) in [7, 11) is 0. The van der Waals surface area contributed by atoms with Crippen LogP contribution in [0, 0.1) is 6.92 Å². The Bertz CT molecular complexity index is 684. The number of nitrogens with zero attached hydrogens (tertiary/aromatic N) is 5. The Hall–Kier alpha value is -1.54. The molecule has 1 fully saturated rings. The van der Waals surface area contributed by atoms with E-state index in [1.165, 1.54) is 11.8 Å². The zero-order chi connectivity index (χ0) is 16.2. The molecule has 8 heteroatoms. The molecule has 0 radical (unpaired) electrons. The van der Waals surface area contributed by atoms with E-state index in [0.717, 1.165) is 35.8 Å². The van der Waals surface area contributed by atoms with Gasteiger partial charge in [0, 0.05) is 24.6 Å². The van der Waals surface area contributed by atoms with Crippen LogP contribution in [0.25, 0.3) is 5.69 Å². The van der Waals surface area contributed by atoms with E-state index < -0.39 is 0 Å². The summed E-state index contributed by atoms with van der Waals surface area (Å²) in [5, 5.41) is 12.3. The highest BCUT2D eigenvalue weighted by Gasteiger charge is 2.25. The normalized spacial score (nSPS) is 16.3. The number of aryl methyl sites for hydroxylation is 1. The molecule has 2 heterocycles. The lowest BCUT2D eigenvalue weighted by molar-refractivity contribution is -0.129. The number of aromatic nitrogens is 4. The molecule has 1 aromatic carbocycles. The zero-order valence-corrected chi connectivity index (χ0v) is 14.8. The predicted molar refractivity (Wildman–Crippen MR) is 93.1 cm³/mol. The Balaban J connectivity index is 1.73. The Morgan fingerprint density at radius 3 is 2.87 bits per heavy atom. The number of carbonyl (C=O) groups excluding carboxylic acids is 1. The van der Waals surface area contributed by atoms with Gasteiger partial charge in [-0.15, -0.1) is 5.10 Å². The van der Waals surface area contributed by atoms with Crippen LogP contribution in [0.1, 0.15) is 12.5 Å². The van der Waals surface area contributed by atoms with E-state index in [-0.39, 0.29) is 11.2 Å². The second-order valence-electron chi connectivity index (χ2n) is 5.41. The highest BCUT2D eigenvalue weighted by Crippen LogP contribution is 2.25. The molecule has 1 atom stereocenters. The first-order valence-electron chi connectivity index (χ1n) is 7.54. The topological polar surface area (TPSA) is 63.9 Å². The first-order chi connectivity index (χ1) is 11.1. The van der Waals surface area contributed by atoms with E-state index >= 15 is 0 Å².